The number of nitrogens with one attached hydrogen (secondary N) is 2. The van der Waals surface area contributed by atoms with E-state index in [1.807, 2.05) is 0 Å². The number of thiophene rings is 1. The minimum absolute atomic E-state index is 0.176. The molecule has 0 saturated heterocycles. The number of carbonyl (C=O) groups excluding carboxylic acids is 3. The van der Waals surface area contributed by atoms with E-state index in [2.05, 4.69) is 10.6 Å². The Balaban J connectivity index is 2.60. The molecule has 1 aromatic heterocycles. The molecule has 24 heavy (non-hydrogen) atoms. The van der Waals surface area contributed by atoms with Crippen LogP contribution >= 0.6 is 11.3 Å². The molecule has 134 valence electrons. The summed E-state index contributed by atoms with van der Waals surface area (Å²) in [5.41, 5.74) is 0. The second kappa shape index (κ2) is 10.0. The lowest BCUT2D eigenvalue weighted by atomic mass is 10.0. The Morgan fingerprint density at radius 3 is 2.50 bits per heavy atom. The fourth-order valence-electron chi connectivity index (χ4n) is 1.84. The molecule has 0 aromatic carbocycles. The predicted molar refractivity (Wildman–Crippen MR) is 90.9 cm³/mol. The molecule has 8 heteroatoms. The van der Waals surface area contributed by atoms with Gasteiger partial charge in [0.2, 0.25) is 0 Å². The Labute approximate surface area is 145 Å². The SMILES string of the molecule is COCCNC(=O)[C@H](C)OC(=O)[C@H](NC(=O)c1cccs1)C(C)C. The normalized spacial score (nSPS) is 13.2. The summed E-state index contributed by atoms with van der Waals surface area (Å²) in [7, 11) is 1.53. The summed E-state index contributed by atoms with van der Waals surface area (Å²) in [6.07, 6.45) is -0.950. The van der Waals surface area contributed by atoms with Crippen LogP contribution in [0.4, 0.5) is 0 Å². The van der Waals surface area contributed by atoms with Crippen LogP contribution in [0, 0.1) is 5.92 Å². The molecule has 2 amide bonds. The van der Waals surface area contributed by atoms with Crippen molar-refractivity contribution in [1.82, 2.24) is 10.6 Å². The number of carbonyl (C=O) groups is 3. The third kappa shape index (κ3) is 6.29. The van der Waals surface area contributed by atoms with E-state index in [9.17, 15) is 14.4 Å². The van der Waals surface area contributed by atoms with Gasteiger partial charge in [0.1, 0.15) is 6.04 Å². The minimum Gasteiger partial charge on any atom is -0.451 e. The van der Waals surface area contributed by atoms with Crippen molar-refractivity contribution in [3.05, 3.63) is 22.4 Å². The zero-order valence-corrected chi connectivity index (χ0v) is 15.1. The van der Waals surface area contributed by atoms with Crippen LogP contribution in [0.5, 0.6) is 0 Å². The molecule has 0 spiro atoms. The van der Waals surface area contributed by atoms with Crippen molar-refractivity contribution in [3.63, 3.8) is 0 Å². The van der Waals surface area contributed by atoms with Crippen molar-refractivity contribution >= 4 is 29.1 Å². The zero-order chi connectivity index (χ0) is 18.1. The van der Waals surface area contributed by atoms with Crippen molar-refractivity contribution < 1.29 is 23.9 Å². The Morgan fingerprint density at radius 1 is 1.25 bits per heavy atom. The van der Waals surface area contributed by atoms with Crippen molar-refractivity contribution in [3.8, 4) is 0 Å². The zero-order valence-electron chi connectivity index (χ0n) is 14.3. The molecule has 1 rings (SSSR count). The topological polar surface area (TPSA) is 93.7 Å². The number of methoxy groups -OCH3 is 1. The highest BCUT2D eigenvalue weighted by Crippen LogP contribution is 2.11. The molecular weight excluding hydrogens is 332 g/mol. The standard InChI is InChI=1S/C16H24N2O5S/c1-10(2)13(18-15(20)12-6-5-9-24-12)16(21)23-11(3)14(19)17-7-8-22-4/h5-6,9-11,13H,7-8H2,1-4H3,(H,17,19)(H,18,20)/t11-,13+/m0/s1. The van der Waals surface area contributed by atoms with Crippen LogP contribution in [0.25, 0.3) is 0 Å². The average molecular weight is 356 g/mol. The minimum atomic E-state index is -0.950. The van der Waals surface area contributed by atoms with Gasteiger partial charge in [0.05, 0.1) is 11.5 Å². The van der Waals surface area contributed by atoms with Gasteiger partial charge in [-0.3, -0.25) is 9.59 Å². The monoisotopic (exact) mass is 356 g/mol. The lowest BCUT2D eigenvalue weighted by Gasteiger charge is -2.22. The molecule has 0 aliphatic carbocycles. The van der Waals surface area contributed by atoms with E-state index in [1.54, 1.807) is 31.4 Å². The van der Waals surface area contributed by atoms with Crippen molar-refractivity contribution in [1.29, 1.82) is 0 Å². The Morgan fingerprint density at radius 2 is 1.96 bits per heavy atom. The number of hydrogen-bond acceptors (Lipinski definition) is 6. The second-order valence-corrected chi connectivity index (χ2v) is 6.48. The summed E-state index contributed by atoms with van der Waals surface area (Å²) in [4.78, 5) is 36.8. The van der Waals surface area contributed by atoms with Gasteiger partial charge in [0, 0.05) is 13.7 Å². The average Bonchev–Trinajstić information content (AvgIpc) is 3.06. The first-order chi connectivity index (χ1) is 11.4. The van der Waals surface area contributed by atoms with Gasteiger partial charge in [0.25, 0.3) is 11.8 Å². The third-order valence-corrected chi connectivity index (χ3v) is 4.09. The van der Waals surface area contributed by atoms with Gasteiger partial charge in [-0.1, -0.05) is 19.9 Å². The lowest BCUT2D eigenvalue weighted by Crippen LogP contribution is -2.47. The van der Waals surface area contributed by atoms with Gasteiger partial charge in [0.15, 0.2) is 6.10 Å². The fourth-order valence-corrected chi connectivity index (χ4v) is 2.47. The maximum atomic E-state index is 12.3. The number of esters is 1. The van der Waals surface area contributed by atoms with Crippen LogP contribution in [0.2, 0.25) is 0 Å². The van der Waals surface area contributed by atoms with E-state index in [4.69, 9.17) is 9.47 Å². The highest BCUT2D eigenvalue weighted by molar-refractivity contribution is 7.12. The van der Waals surface area contributed by atoms with Crippen LogP contribution < -0.4 is 10.6 Å². The van der Waals surface area contributed by atoms with Gasteiger partial charge < -0.3 is 20.1 Å². The smallest absolute Gasteiger partial charge is 0.329 e. The second-order valence-electron chi connectivity index (χ2n) is 5.54. The molecule has 0 fully saturated rings. The van der Waals surface area contributed by atoms with Crippen molar-refractivity contribution in [2.75, 3.05) is 20.3 Å². The van der Waals surface area contributed by atoms with Crippen LogP contribution in [0.1, 0.15) is 30.4 Å². The molecule has 0 aliphatic rings. The molecule has 7 nitrogen and oxygen atoms in total. The van der Waals surface area contributed by atoms with Crippen LogP contribution in [-0.4, -0.2) is 50.2 Å². The Kier molecular flexibility index (Phi) is 8.42. The first-order valence-electron chi connectivity index (χ1n) is 7.68. The summed E-state index contributed by atoms with van der Waals surface area (Å²) in [6, 6.07) is 2.61. The third-order valence-electron chi connectivity index (χ3n) is 3.22. The maximum Gasteiger partial charge on any atom is 0.329 e. The summed E-state index contributed by atoms with van der Waals surface area (Å²) < 4.78 is 10.0. The van der Waals surface area contributed by atoms with Gasteiger partial charge in [-0.25, -0.2) is 4.79 Å². The highest BCUT2D eigenvalue weighted by Gasteiger charge is 2.29. The van der Waals surface area contributed by atoms with E-state index in [1.165, 1.54) is 25.4 Å². The fraction of sp³-hybridized carbons (Fsp3) is 0.562. The van der Waals surface area contributed by atoms with Crippen LogP contribution in [0.3, 0.4) is 0 Å². The first-order valence-corrected chi connectivity index (χ1v) is 8.56. The number of amides is 2. The molecule has 0 unspecified atom stereocenters. The van der Waals surface area contributed by atoms with Gasteiger partial charge in [-0.2, -0.15) is 0 Å². The molecule has 1 aromatic rings. The van der Waals surface area contributed by atoms with Crippen LogP contribution in [-0.2, 0) is 19.1 Å². The molecule has 0 aliphatic heterocycles. The molecule has 2 N–H and O–H groups in total. The number of rotatable bonds is 9. The largest absolute Gasteiger partial charge is 0.451 e. The summed E-state index contributed by atoms with van der Waals surface area (Å²) in [5, 5.41) is 7.04. The van der Waals surface area contributed by atoms with Gasteiger partial charge in [-0.15, -0.1) is 11.3 Å². The van der Waals surface area contributed by atoms with Gasteiger partial charge in [-0.05, 0) is 24.3 Å². The molecular formula is C16H24N2O5S. The van der Waals surface area contributed by atoms with E-state index < -0.39 is 24.0 Å². The molecule has 2 atom stereocenters. The van der Waals surface area contributed by atoms with E-state index in [0.717, 1.165) is 0 Å². The van der Waals surface area contributed by atoms with E-state index in [0.29, 0.717) is 18.0 Å². The van der Waals surface area contributed by atoms with E-state index >= 15 is 0 Å². The lowest BCUT2D eigenvalue weighted by molar-refractivity contribution is -0.157. The van der Waals surface area contributed by atoms with Crippen molar-refractivity contribution in [2.24, 2.45) is 5.92 Å². The molecule has 0 saturated carbocycles. The van der Waals surface area contributed by atoms with Crippen LogP contribution in [0.15, 0.2) is 17.5 Å². The predicted octanol–water partition coefficient (Wildman–Crippen LogP) is 1.20. The van der Waals surface area contributed by atoms with Crippen molar-refractivity contribution in [2.45, 2.75) is 32.9 Å². The maximum absolute atomic E-state index is 12.3. The first kappa shape index (κ1) is 20.1. The molecule has 0 radical (unpaired) electrons. The molecule has 0 bridgehead atoms. The van der Waals surface area contributed by atoms with Gasteiger partial charge >= 0.3 is 5.97 Å². The Hall–Kier alpha value is -1.93. The quantitative estimate of drug-likeness (QED) is 0.512. The van der Waals surface area contributed by atoms with E-state index in [-0.39, 0.29) is 11.8 Å². The summed E-state index contributed by atoms with van der Waals surface area (Å²) in [5.74, 6) is -1.56. The highest BCUT2D eigenvalue weighted by atomic mass is 32.1. The molecule has 1 heterocycles. The summed E-state index contributed by atoms with van der Waals surface area (Å²) >= 11 is 1.29. The number of hydrogen-bond donors (Lipinski definition) is 2. The summed E-state index contributed by atoms with van der Waals surface area (Å²) in [6.45, 7) is 5.78. The number of ether oxygens (including phenoxy) is 2. The Bertz CT molecular complexity index is 545.